The van der Waals surface area contributed by atoms with Crippen molar-refractivity contribution in [2.75, 3.05) is 25.1 Å². The number of nitrogens with one attached hydrogen (secondary N) is 2. The summed E-state index contributed by atoms with van der Waals surface area (Å²) < 4.78 is 5.39. The first-order chi connectivity index (χ1) is 9.15. The second-order valence-corrected chi connectivity index (χ2v) is 5.88. The van der Waals surface area contributed by atoms with Gasteiger partial charge in [-0.1, -0.05) is 13.8 Å². The Kier molecular flexibility index (Phi) is 4.90. The molecule has 1 amide bonds. The largest absolute Gasteiger partial charge is 0.379 e. The van der Waals surface area contributed by atoms with Gasteiger partial charge < -0.3 is 15.4 Å². The molecule has 1 aromatic rings. The minimum atomic E-state index is -0.130. The third-order valence-corrected chi connectivity index (χ3v) is 4.27. The van der Waals surface area contributed by atoms with Crippen molar-refractivity contribution in [3.8, 4) is 0 Å². The molecule has 0 radical (unpaired) electrons. The normalized spacial score (nSPS) is 22.7. The van der Waals surface area contributed by atoms with Crippen LogP contribution in [-0.4, -0.2) is 36.7 Å². The highest BCUT2D eigenvalue weighted by Gasteiger charge is 2.33. The molecule has 0 spiro atoms. The zero-order valence-corrected chi connectivity index (χ0v) is 12.5. The van der Waals surface area contributed by atoms with E-state index in [1.165, 1.54) is 16.2 Å². The van der Waals surface area contributed by atoms with Crippen LogP contribution in [0.3, 0.4) is 0 Å². The lowest BCUT2D eigenvalue weighted by atomic mass is 10.0. The Morgan fingerprint density at radius 1 is 1.47 bits per heavy atom. The molecule has 2 unspecified atom stereocenters. The molecule has 2 N–H and O–H groups in total. The molecule has 1 aliphatic heterocycles. The van der Waals surface area contributed by atoms with Gasteiger partial charge in [0.05, 0.1) is 24.8 Å². The summed E-state index contributed by atoms with van der Waals surface area (Å²) in [4.78, 5) is 17.9. The van der Waals surface area contributed by atoms with Crippen molar-refractivity contribution in [2.45, 2.75) is 33.2 Å². The number of anilines is 1. The van der Waals surface area contributed by atoms with Crippen LogP contribution >= 0.6 is 11.3 Å². The molecule has 0 aromatic carbocycles. The van der Waals surface area contributed by atoms with Gasteiger partial charge in [-0.3, -0.25) is 4.79 Å². The first-order valence-corrected chi connectivity index (χ1v) is 7.55. The fourth-order valence-electron chi connectivity index (χ4n) is 2.28. The summed E-state index contributed by atoms with van der Waals surface area (Å²) in [5.41, 5.74) is 1.06. The lowest BCUT2D eigenvalue weighted by Gasteiger charge is -2.16. The average Bonchev–Trinajstić information content (AvgIpc) is 2.96. The monoisotopic (exact) mass is 283 g/mol. The minimum Gasteiger partial charge on any atom is -0.379 e. The van der Waals surface area contributed by atoms with E-state index in [9.17, 15) is 4.79 Å². The molecule has 2 rings (SSSR count). The smallest absolute Gasteiger partial charge is 0.233 e. The van der Waals surface area contributed by atoms with Crippen LogP contribution in [-0.2, 0) is 16.0 Å². The molecule has 19 heavy (non-hydrogen) atoms. The molecular weight excluding hydrogens is 262 g/mol. The Bertz CT molecular complexity index is 447. The number of nitrogens with zero attached hydrogens (tertiary/aromatic N) is 1. The van der Waals surface area contributed by atoms with Crippen molar-refractivity contribution in [1.82, 2.24) is 10.3 Å². The number of rotatable bonds is 5. The lowest BCUT2D eigenvalue weighted by molar-refractivity contribution is -0.120. The summed E-state index contributed by atoms with van der Waals surface area (Å²) in [6.45, 7) is 8.06. The number of aromatic nitrogens is 1. The molecule has 6 heteroatoms. The molecule has 106 valence electrons. The number of carbonyl (C=O) groups excluding carboxylic acids is 1. The van der Waals surface area contributed by atoms with Gasteiger partial charge in [0.2, 0.25) is 5.91 Å². The molecule has 1 aliphatic rings. The van der Waals surface area contributed by atoms with Gasteiger partial charge in [0.15, 0.2) is 5.13 Å². The van der Waals surface area contributed by atoms with E-state index < -0.39 is 0 Å². The highest BCUT2D eigenvalue weighted by Crippen LogP contribution is 2.24. The van der Waals surface area contributed by atoms with Gasteiger partial charge in [-0.05, 0) is 19.9 Å². The lowest BCUT2D eigenvalue weighted by Crippen LogP contribution is -2.41. The van der Waals surface area contributed by atoms with E-state index in [4.69, 9.17) is 4.74 Å². The van der Waals surface area contributed by atoms with Gasteiger partial charge >= 0.3 is 0 Å². The topological polar surface area (TPSA) is 63.2 Å². The Morgan fingerprint density at radius 2 is 2.26 bits per heavy atom. The van der Waals surface area contributed by atoms with Crippen molar-refractivity contribution in [2.24, 2.45) is 5.92 Å². The molecule has 5 nitrogen and oxygen atoms in total. The van der Waals surface area contributed by atoms with Gasteiger partial charge in [-0.25, -0.2) is 4.98 Å². The SMILES string of the molecule is CCNC1COCC1C(=O)Nc1nc(CC)c(C)s1. The molecule has 0 saturated carbocycles. The van der Waals surface area contributed by atoms with Crippen molar-refractivity contribution in [1.29, 1.82) is 0 Å². The van der Waals surface area contributed by atoms with E-state index in [1.54, 1.807) is 0 Å². The number of carbonyl (C=O) groups is 1. The zero-order valence-electron chi connectivity index (χ0n) is 11.7. The van der Waals surface area contributed by atoms with Gasteiger partial charge in [0.25, 0.3) is 0 Å². The number of aryl methyl sites for hydroxylation is 2. The molecule has 2 heterocycles. The third-order valence-electron chi connectivity index (χ3n) is 3.34. The first kappa shape index (κ1) is 14.4. The van der Waals surface area contributed by atoms with Gasteiger partial charge in [-0.2, -0.15) is 0 Å². The van der Waals surface area contributed by atoms with Crippen molar-refractivity contribution in [3.05, 3.63) is 10.6 Å². The predicted octanol–water partition coefficient (Wildman–Crippen LogP) is 1.58. The summed E-state index contributed by atoms with van der Waals surface area (Å²) in [5.74, 6) is -0.130. The van der Waals surface area contributed by atoms with Crippen molar-refractivity contribution < 1.29 is 9.53 Å². The summed E-state index contributed by atoms with van der Waals surface area (Å²) in [6, 6.07) is 0.108. The maximum absolute atomic E-state index is 12.2. The zero-order chi connectivity index (χ0) is 13.8. The molecule has 1 aromatic heterocycles. The van der Waals surface area contributed by atoms with Crippen molar-refractivity contribution in [3.63, 3.8) is 0 Å². The summed E-state index contributed by atoms with van der Waals surface area (Å²) >= 11 is 1.54. The van der Waals surface area contributed by atoms with E-state index in [-0.39, 0.29) is 17.9 Å². The number of likely N-dealkylation sites (N-methyl/N-ethyl adjacent to an activating group) is 1. The van der Waals surface area contributed by atoms with Crippen LogP contribution in [0.5, 0.6) is 0 Å². The maximum Gasteiger partial charge on any atom is 0.233 e. The first-order valence-electron chi connectivity index (χ1n) is 6.74. The average molecular weight is 283 g/mol. The minimum absolute atomic E-state index is 0.000136. The molecule has 2 atom stereocenters. The van der Waals surface area contributed by atoms with Crippen LogP contribution in [0.2, 0.25) is 0 Å². The molecule has 1 saturated heterocycles. The highest BCUT2D eigenvalue weighted by atomic mass is 32.1. The van der Waals surface area contributed by atoms with Gasteiger partial charge in [0, 0.05) is 10.9 Å². The third kappa shape index (κ3) is 3.32. The number of thiazole rings is 1. The van der Waals surface area contributed by atoms with E-state index in [1.807, 2.05) is 13.8 Å². The maximum atomic E-state index is 12.2. The Labute approximate surface area is 117 Å². The summed E-state index contributed by atoms with van der Waals surface area (Å²) in [5, 5.41) is 6.90. The number of hydrogen-bond donors (Lipinski definition) is 2. The number of amides is 1. The molecular formula is C13H21N3O2S. The van der Waals surface area contributed by atoms with Gasteiger partial charge in [-0.15, -0.1) is 11.3 Å². The number of hydrogen-bond acceptors (Lipinski definition) is 5. The summed E-state index contributed by atoms with van der Waals surface area (Å²) in [7, 11) is 0. The predicted molar refractivity (Wildman–Crippen MR) is 76.6 cm³/mol. The molecule has 0 aliphatic carbocycles. The Morgan fingerprint density at radius 3 is 2.89 bits per heavy atom. The van der Waals surface area contributed by atoms with Crippen LogP contribution in [0.4, 0.5) is 5.13 Å². The second-order valence-electron chi connectivity index (χ2n) is 4.67. The van der Waals surface area contributed by atoms with Crippen LogP contribution < -0.4 is 10.6 Å². The molecule has 0 bridgehead atoms. The van der Waals surface area contributed by atoms with E-state index in [0.29, 0.717) is 18.3 Å². The quantitative estimate of drug-likeness (QED) is 0.861. The van der Waals surface area contributed by atoms with Gasteiger partial charge in [0.1, 0.15) is 0 Å². The fraction of sp³-hybridized carbons (Fsp3) is 0.692. The van der Waals surface area contributed by atoms with Crippen LogP contribution in [0.25, 0.3) is 0 Å². The Hall–Kier alpha value is -0.980. The molecule has 1 fully saturated rings. The van der Waals surface area contributed by atoms with Crippen LogP contribution in [0, 0.1) is 12.8 Å². The van der Waals surface area contributed by atoms with Crippen LogP contribution in [0.15, 0.2) is 0 Å². The summed E-state index contributed by atoms with van der Waals surface area (Å²) in [6.07, 6.45) is 0.894. The van der Waals surface area contributed by atoms with E-state index in [0.717, 1.165) is 18.7 Å². The van der Waals surface area contributed by atoms with E-state index >= 15 is 0 Å². The fourth-order valence-corrected chi connectivity index (χ4v) is 3.19. The standard InChI is InChI=1S/C13H21N3O2S/c1-4-10-8(3)19-13(15-10)16-12(17)9-6-18-7-11(9)14-5-2/h9,11,14H,4-7H2,1-3H3,(H,15,16,17). The van der Waals surface area contributed by atoms with Crippen molar-refractivity contribution >= 4 is 22.4 Å². The Balaban J connectivity index is 1.99. The second kappa shape index (κ2) is 6.45. The van der Waals surface area contributed by atoms with E-state index in [2.05, 4.69) is 22.5 Å². The highest BCUT2D eigenvalue weighted by molar-refractivity contribution is 7.15. The number of ether oxygens (including phenoxy) is 1. The van der Waals surface area contributed by atoms with Crippen LogP contribution in [0.1, 0.15) is 24.4 Å².